The average Bonchev–Trinajstić information content (AvgIpc) is 3.40. The number of carboxylic acid groups (broad SMARTS) is 1. The van der Waals surface area contributed by atoms with E-state index < -0.39 is 5.97 Å². The number of ether oxygens (including phenoxy) is 1. The van der Waals surface area contributed by atoms with E-state index in [-0.39, 0.29) is 11.8 Å². The molecule has 2 aromatic heterocycles. The van der Waals surface area contributed by atoms with Gasteiger partial charge in [-0.15, -0.1) is 10.2 Å². The summed E-state index contributed by atoms with van der Waals surface area (Å²) in [6, 6.07) is 15.7. The molecule has 0 unspecified atom stereocenters. The van der Waals surface area contributed by atoms with Crippen LogP contribution in [0.1, 0.15) is 28.9 Å². The fraction of sp³-hybridized carbons (Fsp3) is 0.150. The Balaban J connectivity index is 1.61. The monoisotopic (exact) mass is 391 g/mol. The molecule has 2 heterocycles. The molecule has 0 aliphatic carbocycles. The topological polar surface area (TPSA) is 127 Å². The highest BCUT2D eigenvalue weighted by Crippen LogP contribution is 2.30. The van der Waals surface area contributed by atoms with Crippen LogP contribution < -0.4 is 4.74 Å². The van der Waals surface area contributed by atoms with E-state index in [2.05, 4.69) is 25.6 Å². The van der Waals surface area contributed by atoms with Gasteiger partial charge in [-0.25, -0.2) is 9.78 Å². The van der Waals surface area contributed by atoms with Gasteiger partial charge in [0.05, 0.1) is 6.61 Å². The van der Waals surface area contributed by atoms with E-state index in [0.29, 0.717) is 24.5 Å². The number of carboxylic acids is 1. The number of rotatable bonds is 7. The summed E-state index contributed by atoms with van der Waals surface area (Å²) in [6.07, 6.45) is 0.388. The van der Waals surface area contributed by atoms with Gasteiger partial charge < -0.3 is 14.3 Å². The van der Waals surface area contributed by atoms with E-state index >= 15 is 0 Å². The number of nitrogens with one attached hydrogen (secondary N) is 1. The predicted octanol–water partition coefficient (Wildman–Crippen LogP) is 3.21. The minimum absolute atomic E-state index is 0.136. The van der Waals surface area contributed by atoms with Gasteiger partial charge >= 0.3 is 17.8 Å². The van der Waals surface area contributed by atoms with Gasteiger partial charge in [0, 0.05) is 12.0 Å². The predicted molar refractivity (Wildman–Crippen MR) is 102 cm³/mol. The molecule has 0 amide bonds. The standard InChI is InChI=1S/C20H17N5O4/c1-2-28-20-16(21-18(29-20)19(26)27)11-12-7-9-13(10-8-12)14-5-3-4-6-15(14)17-22-24-25-23-17/h3-10H,2,11H2,1H3,(H,26,27)(H,22,23,24,25). The molecular formula is C20H17N5O4. The largest absolute Gasteiger partial charge is 0.474 e. The van der Waals surface area contributed by atoms with Crippen molar-refractivity contribution in [3.63, 3.8) is 0 Å². The van der Waals surface area contributed by atoms with Gasteiger partial charge in [-0.2, -0.15) is 5.21 Å². The lowest BCUT2D eigenvalue weighted by Crippen LogP contribution is -1.98. The number of hydrogen-bond donors (Lipinski definition) is 2. The third-order valence-electron chi connectivity index (χ3n) is 4.27. The Morgan fingerprint density at radius 1 is 1.14 bits per heavy atom. The third kappa shape index (κ3) is 3.84. The number of carbonyl (C=O) groups is 1. The Kier molecular flexibility index (Phi) is 5.02. The first-order valence-corrected chi connectivity index (χ1v) is 8.93. The zero-order valence-electron chi connectivity index (χ0n) is 15.5. The maximum Gasteiger partial charge on any atom is 0.392 e. The van der Waals surface area contributed by atoms with Crippen molar-refractivity contribution in [2.75, 3.05) is 6.61 Å². The van der Waals surface area contributed by atoms with Gasteiger partial charge in [-0.3, -0.25) is 0 Å². The van der Waals surface area contributed by atoms with Crippen LogP contribution in [-0.2, 0) is 6.42 Å². The van der Waals surface area contributed by atoms with Crippen LogP contribution in [0, 0.1) is 0 Å². The summed E-state index contributed by atoms with van der Waals surface area (Å²) in [6.45, 7) is 2.15. The first-order chi connectivity index (χ1) is 14.2. The number of hydrogen-bond acceptors (Lipinski definition) is 7. The number of H-pyrrole nitrogens is 1. The molecule has 0 aliphatic rings. The van der Waals surface area contributed by atoms with Crippen molar-refractivity contribution in [1.29, 1.82) is 0 Å². The smallest absolute Gasteiger partial charge is 0.392 e. The summed E-state index contributed by atoms with van der Waals surface area (Å²) >= 11 is 0. The minimum Gasteiger partial charge on any atom is -0.474 e. The van der Waals surface area contributed by atoms with Crippen LogP contribution in [0.3, 0.4) is 0 Å². The molecule has 0 bridgehead atoms. The van der Waals surface area contributed by atoms with E-state index in [0.717, 1.165) is 22.3 Å². The van der Waals surface area contributed by atoms with Crippen molar-refractivity contribution >= 4 is 5.97 Å². The van der Waals surface area contributed by atoms with Crippen molar-refractivity contribution < 1.29 is 19.1 Å². The Morgan fingerprint density at radius 2 is 1.90 bits per heavy atom. The number of benzene rings is 2. The van der Waals surface area contributed by atoms with Crippen LogP contribution in [0.2, 0.25) is 0 Å². The van der Waals surface area contributed by atoms with Crippen LogP contribution in [0.15, 0.2) is 52.9 Å². The quantitative estimate of drug-likeness (QED) is 0.492. The Bertz CT molecular complexity index is 1120. The molecule has 146 valence electrons. The molecule has 0 saturated carbocycles. The summed E-state index contributed by atoms with van der Waals surface area (Å²) in [4.78, 5) is 15.2. The summed E-state index contributed by atoms with van der Waals surface area (Å²) < 4.78 is 10.6. The molecule has 0 fully saturated rings. The van der Waals surface area contributed by atoms with Crippen molar-refractivity contribution in [3.05, 3.63) is 65.7 Å². The van der Waals surface area contributed by atoms with Gasteiger partial charge in [0.2, 0.25) is 5.82 Å². The second-order valence-electron chi connectivity index (χ2n) is 6.15. The van der Waals surface area contributed by atoms with Gasteiger partial charge in [0.15, 0.2) is 0 Å². The van der Waals surface area contributed by atoms with E-state index in [9.17, 15) is 4.79 Å². The molecule has 0 saturated heterocycles. The van der Waals surface area contributed by atoms with E-state index in [1.807, 2.05) is 48.5 Å². The average molecular weight is 391 g/mol. The number of aromatic nitrogens is 5. The Morgan fingerprint density at radius 3 is 2.55 bits per heavy atom. The fourth-order valence-electron chi connectivity index (χ4n) is 2.99. The molecule has 0 atom stereocenters. The minimum atomic E-state index is -1.23. The van der Waals surface area contributed by atoms with Gasteiger partial charge in [-0.05, 0) is 28.8 Å². The lowest BCUT2D eigenvalue weighted by Gasteiger charge is -2.08. The number of tetrazole rings is 1. The van der Waals surface area contributed by atoms with Gasteiger partial charge in [0.25, 0.3) is 0 Å². The zero-order valence-corrected chi connectivity index (χ0v) is 15.5. The first kappa shape index (κ1) is 18.4. The maximum absolute atomic E-state index is 11.1. The third-order valence-corrected chi connectivity index (χ3v) is 4.27. The van der Waals surface area contributed by atoms with Crippen LogP contribution in [0.25, 0.3) is 22.5 Å². The number of aromatic amines is 1. The highest BCUT2D eigenvalue weighted by Gasteiger charge is 2.19. The number of nitrogens with zero attached hydrogens (tertiary/aromatic N) is 4. The molecule has 0 radical (unpaired) electrons. The van der Waals surface area contributed by atoms with Crippen LogP contribution in [0.4, 0.5) is 0 Å². The summed E-state index contributed by atoms with van der Waals surface area (Å²) in [5.41, 5.74) is 4.23. The molecule has 2 N–H and O–H groups in total. The molecule has 4 rings (SSSR count). The zero-order chi connectivity index (χ0) is 20.2. The highest BCUT2D eigenvalue weighted by molar-refractivity contribution is 5.82. The Labute approximate surface area is 165 Å². The molecular weight excluding hydrogens is 374 g/mol. The van der Waals surface area contributed by atoms with Crippen molar-refractivity contribution in [2.45, 2.75) is 13.3 Å². The summed E-state index contributed by atoms with van der Waals surface area (Å²) in [5.74, 6) is -0.953. The van der Waals surface area contributed by atoms with Crippen molar-refractivity contribution in [2.24, 2.45) is 0 Å². The summed E-state index contributed by atoms with van der Waals surface area (Å²) in [5, 5.41) is 23.3. The maximum atomic E-state index is 11.1. The fourth-order valence-corrected chi connectivity index (χ4v) is 2.99. The molecule has 9 nitrogen and oxygen atoms in total. The lowest BCUT2D eigenvalue weighted by molar-refractivity contribution is 0.0645. The second kappa shape index (κ2) is 7.93. The normalized spacial score (nSPS) is 10.8. The van der Waals surface area contributed by atoms with Crippen molar-refractivity contribution in [3.8, 4) is 28.5 Å². The van der Waals surface area contributed by atoms with Crippen LogP contribution in [-0.4, -0.2) is 43.3 Å². The Hall–Kier alpha value is -4.01. The van der Waals surface area contributed by atoms with E-state index in [1.165, 1.54) is 0 Å². The molecule has 0 spiro atoms. The van der Waals surface area contributed by atoms with Crippen LogP contribution >= 0.6 is 0 Å². The molecule has 2 aromatic carbocycles. The lowest BCUT2D eigenvalue weighted by atomic mass is 9.97. The highest BCUT2D eigenvalue weighted by atomic mass is 16.6. The first-order valence-electron chi connectivity index (χ1n) is 8.93. The number of aromatic carboxylic acids is 1. The molecule has 4 aromatic rings. The van der Waals surface area contributed by atoms with Crippen molar-refractivity contribution in [1.82, 2.24) is 25.6 Å². The molecule has 0 aliphatic heterocycles. The molecule has 29 heavy (non-hydrogen) atoms. The number of oxazole rings is 1. The van der Waals surface area contributed by atoms with Gasteiger partial charge in [-0.1, -0.05) is 48.5 Å². The molecule has 9 heteroatoms. The summed E-state index contributed by atoms with van der Waals surface area (Å²) in [7, 11) is 0. The van der Waals surface area contributed by atoms with Gasteiger partial charge in [0.1, 0.15) is 5.69 Å². The van der Waals surface area contributed by atoms with E-state index in [1.54, 1.807) is 6.92 Å². The SMILES string of the molecule is CCOc1oc(C(=O)O)nc1Cc1ccc(-c2ccccc2-c2nn[nH]n2)cc1. The second-order valence-corrected chi connectivity index (χ2v) is 6.15. The van der Waals surface area contributed by atoms with Crippen LogP contribution in [0.5, 0.6) is 5.95 Å². The van der Waals surface area contributed by atoms with E-state index in [4.69, 9.17) is 14.3 Å².